The van der Waals surface area contributed by atoms with E-state index in [1.165, 1.54) is 37.7 Å². The lowest BCUT2D eigenvalue weighted by molar-refractivity contribution is 0.328. The van der Waals surface area contributed by atoms with E-state index in [1.54, 1.807) is 0 Å². The van der Waals surface area contributed by atoms with E-state index in [0.717, 1.165) is 24.0 Å². The van der Waals surface area contributed by atoms with Gasteiger partial charge in [-0.2, -0.15) is 0 Å². The van der Waals surface area contributed by atoms with Crippen LogP contribution in [0.3, 0.4) is 0 Å². The van der Waals surface area contributed by atoms with Crippen molar-refractivity contribution in [2.24, 2.45) is 16.8 Å². The molecule has 0 fully saturated rings. The molecule has 1 nitrogen and oxygen atoms in total. The van der Waals surface area contributed by atoms with E-state index < -0.39 is 0 Å². The first-order valence-electron chi connectivity index (χ1n) is 7.93. The summed E-state index contributed by atoms with van der Waals surface area (Å²) in [6.07, 6.45) is 11.8. The molecule has 0 saturated carbocycles. The second kappa shape index (κ2) is 11.0. The van der Waals surface area contributed by atoms with Gasteiger partial charge in [-0.3, -0.25) is 4.99 Å². The lowest BCUT2D eigenvalue weighted by atomic mass is 9.85. The lowest BCUT2D eigenvalue weighted by Crippen LogP contribution is -2.10. The molecular formula is C18H33N. The largest absolute Gasteiger partial charge is 0.262 e. The molecule has 2 unspecified atom stereocenters. The molecule has 0 aromatic carbocycles. The molecule has 0 bridgehead atoms. The van der Waals surface area contributed by atoms with Gasteiger partial charge in [-0.25, -0.2) is 0 Å². The first-order chi connectivity index (χ1) is 9.04. The predicted octanol–water partition coefficient (Wildman–Crippen LogP) is 6.17. The van der Waals surface area contributed by atoms with Crippen LogP contribution < -0.4 is 0 Å². The summed E-state index contributed by atoms with van der Waals surface area (Å²) in [5, 5.41) is 0. The maximum Gasteiger partial charge on any atom is 0.0301 e. The van der Waals surface area contributed by atoms with Crippen LogP contribution in [0.25, 0.3) is 0 Å². The Kier molecular flexibility index (Phi) is 10.5. The minimum atomic E-state index is 0.810. The topological polar surface area (TPSA) is 12.4 Å². The SMILES string of the molecule is C=C(C)N=C/C(=C\CC(CC)C(C)CCC)CCC. The molecule has 0 aromatic rings. The van der Waals surface area contributed by atoms with E-state index in [0.29, 0.717) is 0 Å². The number of rotatable bonds is 10. The highest BCUT2D eigenvalue weighted by Crippen LogP contribution is 2.25. The van der Waals surface area contributed by atoms with Gasteiger partial charge in [0.25, 0.3) is 0 Å². The van der Waals surface area contributed by atoms with Gasteiger partial charge in [0.2, 0.25) is 0 Å². The van der Waals surface area contributed by atoms with Crippen LogP contribution in [0.1, 0.15) is 73.1 Å². The summed E-state index contributed by atoms with van der Waals surface area (Å²) in [4.78, 5) is 4.34. The fourth-order valence-corrected chi connectivity index (χ4v) is 2.50. The Balaban J connectivity index is 4.60. The third-order valence-electron chi connectivity index (χ3n) is 3.75. The monoisotopic (exact) mass is 263 g/mol. The van der Waals surface area contributed by atoms with Crippen molar-refractivity contribution in [2.45, 2.75) is 73.1 Å². The van der Waals surface area contributed by atoms with Crippen molar-refractivity contribution in [2.75, 3.05) is 0 Å². The molecule has 0 radical (unpaired) electrons. The molecule has 0 aliphatic rings. The third kappa shape index (κ3) is 8.80. The molecule has 2 atom stereocenters. The standard InChI is InChI=1S/C18H33N/c1-7-10-16(6)18(9-3)13-12-17(11-8-2)14-19-15(4)5/h12,14,16,18H,4,7-11,13H2,1-3,5-6H3/b17-12-,19-14?. The summed E-state index contributed by atoms with van der Waals surface area (Å²) < 4.78 is 0. The zero-order chi connectivity index (χ0) is 14.7. The van der Waals surface area contributed by atoms with Crippen molar-refractivity contribution in [3.8, 4) is 0 Å². The Morgan fingerprint density at radius 3 is 2.37 bits per heavy atom. The van der Waals surface area contributed by atoms with E-state index in [4.69, 9.17) is 0 Å². The first kappa shape index (κ1) is 18.1. The predicted molar refractivity (Wildman–Crippen MR) is 88.8 cm³/mol. The van der Waals surface area contributed by atoms with Gasteiger partial charge in [0.1, 0.15) is 0 Å². The lowest BCUT2D eigenvalue weighted by Gasteiger charge is -2.21. The van der Waals surface area contributed by atoms with Crippen molar-refractivity contribution >= 4 is 6.21 Å². The van der Waals surface area contributed by atoms with E-state index >= 15 is 0 Å². The van der Waals surface area contributed by atoms with Crippen molar-refractivity contribution in [1.82, 2.24) is 0 Å². The Labute approximate surface area is 120 Å². The summed E-state index contributed by atoms with van der Waals surface area (Å²) in [5.41, 5.74) is 2.25. The summed E-state index contributed by atoms with van der Waals surface area (Å²) in [5.74, 6) is 1.64. The Bertz CT molecular complexity index is 299. The molecular weight excluding hydrogens is 230 g/mol. The van der Waals surface area contributed by atoms with Crippen LogP contribution in [-0.4, -0.2) is 6.21 Å². The molecule has 0 aliphatic carbocycles. The first-order valence-corrected chi connectivity index (χ1v) is 7.93. The fourth-order valence-electron chi connectivity index (χ4n) is 2.50. The van der Waals surface area contributed by atoms with Gasteiger partial charge in [-0.1, -0.05) is 66.0 Å². The summed E-state index contributed by atoms with van der Waals surface area (Å²) >= 11 is 0. The van der Waals surface area contributed by atoms with Crippen molar-refractivity contribution < 1.29 is 0 Å². The minimum Gasteiger partial charge on any atom is -0.262 e. The number of hydrogen-bond donors (Lipinski definition) is 0. The van der Waals surface area contributed by atoms with E-state index in [9.17, 15) is 0 Å². The average Bonchev–Trinajstić information content (AvgIpc) is 2.36. The van der Waals surface area contributed by atoms with Crippen molar-refractivity contribution in [3.63, 3.8) is 0 Å². The molecule has 0 rings (SSSR count). The fraction of sp³-hybridized carbons (Fsp3) is 0.722. The van der Waals surface area contributed by atoms with Gasteiger partial charge in [-0.05, 0) is 37.2 Å². The van der Waals surface area contributed by atoms with Gasteiger partial charge < -0.3 is 0 Å². The van der Waals surface area contributed by atoms with E-state index in [2.05, 4.69) is 45.3 Å². The van der Waals surface area contributed by atoms with Gasteiger partial charge in [0.15, 0.2) is 0 Å². The molecule has 0 spiro atoms. The second-order valence-corrected chi connectivity index (χ2v) is 5.69. The highest BCUT2D eigenvalue weighted by Gasteiger charge is 2.13. The summed E-state index contributed by atoms with van der Waals surface area (Å²) in [6, 6.07) is 0. The Morgan fingerprint density at radius 1 is 1.21 bits per heavy atom. The molecule has 0 aromatic heterocycles. The highest BCUT2D eigenvalue weighted by atomic mass is 14.7. The van der Waals surface area contributed by atoms with Crippen molar-refractivity contribution in [3.05, 3.63) is 23.9 Å². The molecule has 0 saturated heterocycles. The number of allylic oxidation sites excluding steroid dienone is 3. The Morgan fingerprint density at radius 2 is 1.89 bits per heavy atom. The zero-order valence-corrected chi connectivity index (χ0v) is 13.7. The second-order valence-electron chi connectivity index (χ2n) is 5.69. The van der Waals surface area contributed by atoms with Gasteiger partial charge in [-0.15, -0.1) is 0 Å². The van der Waals surface area contributed by atoms with Crippen LogP contribution in [0, 0.1) is 11.8 Å². The molecule has 19 heavy (non-hydrogen) atoms. The van der Waals surface area contributed by atoms with Crippen molar-refractivity contribution in [1.29, 1.82) is 0 Å². The normalized spacial score (nSPS) is 15.7. The van der Waals surface area contributed by atoms with Gasteiger partial charge in [0, 0.05) is 11.9 Å². The number of nitrogens with zero attached hydrogens (tertiary/aromatic N) is 1. The molecule has 1 heteroatoms. The van der Waals surface area contributed by atoms with E-state index in [1.807, 2.05) is 13.1 Å². The summed E-state index contributed by atoms with van der Waals surface area (Å²) in [7, 11) is 0. The highest BCUT2D eigenvalue weighted by molar-refractivity contribution is 5.79. The number of hydrogen-bond acceptors (Lipinski definition) is 1. The quantitative estimate of drug-likeness (QED) is 0.418. The van der Waals surface area contributed by atoms with Gasteiger partial charge in [0.05, 0.1) is 0 Å². The van der Waals surface area contributed by atoms with Gasteiger partial charge >= 0.3 is 0 Å². The van der Waals surface area contributed by atoms with Crippen LogP contribution in [0.4, 0.5) is 0 Å². The maximum absolute atomic E-state index is 4.34. The maximum atomic E-state index is 4.34. The molecule has 0 amide bonds. The van der Waals surface area contributed by atoms with Crippen LogP contribution in [0.5, 0.6) is 0 Å². The molecule has 110 valence electrons. The Hall–Kier alpha value is -0.850. The zero-order valence-electron chi connectivity index (χ0n) is 13.7. The smallest absolute Gasteiger partial charge is 0.0301 e. The third-order valence-corrected chi connectivity index (χ3v) is 3.75. The van der Waals surface area contributed by atoms with Crippen LogP contribution in [0.15, 0.2) is 28.9 Å². The van der Waals surface area contributed by atoms with Crippen LogP contribution >= 0.6 is 0 Å². The molecule has 0 aliphatic heterocycles. The summed E-state index contributed by atoms with van der Waals surface area (Å²) in [6.45, 7) is 15.0. The van der Waals surface area contributed by atoms with Crippen LogP contribution in [0.2, 0.25) is 0 Å². The minimum absolute atomic E-state index is 0.810. The molecule has 0 heterocycles. The molecule has 0 N–H and O–H groups in total. The van der Waals surface area contributed by atoms with Crippen LogP contribution in [-0.2, 0) is 0 Å². The average molecular weight is 263 g/mol. The van der Waals surface area contributed by atoms with E-state index in [-0.39, 0.29) is 0 Å². The number of aliphatic imine (C=N–C) groups is 1.